The van der Waals surface area contributed by atoms with Gasteiger partial charge in [0, 0.05) is 13.1 Å². The molecule has 1 aliphatic rings. The van der Waals surface area contributed by atoms with Crippen LogP contribution < -0.4 is 5.32 Å². The van der Waals surface area contributed by atoms with Crippen LogP contribution in [0.25, 0.3) is 0 Å². The van der Waals surface area contributed by atoms with Crippen molar-refractivity contribution in [1.82, 2.24) is 10.2 Å². The molecule has 1 aliphatic heterocycles. The molecule has 92 valence electrons. The first-order chi connectivity index (χ1) is 7.83. The van der Waals surface area contributed by atoms with Gasteiger partial charge in [-0.1, -0.05) is 24.4 Å². The van der Waals surface area contributed by atoms with E-state index in [1.54, 1.807) is 0 Å². The lowest BCUT2D eigenvalue weighted by Crippen LogP contribution is -2.36. The Morgan fingerprint density at radius 2 is 1.88 bits per heavy atom. The van der Waals surface area contributed by atoms with Crippen LogP contribution in [0.2, 0.25) is 0 Å². The highest BCUT2D eigenvalue weighted by Gasteiger charge is 2.07. The standard InChI is InChI=1S/C11H21N3O2/c15-11(10-13-16)12-6-9-14-7-4-2-1-3-5-8-14/h10,16H,1-9H2,(H,12,15). The van der Waals surface area contributed by atoms with Gasteiger partial charge in [0.25, 0.3) is 5.91 Å². The van der Waals surface area contributed by atoms with E-state index in [4.69, 9.17) is 5.21 Å². The molecule has 0 radical (unpaired) electrons. The monoisotopic (exact) mass is 227 g/mol. The molecular weight excluding hydrogens is 206 g/mol. The normalized spacial score (nSPS) is 19.2. The summed E-state index contributed by atoms with van der Waals surface area (Å²) in [6, 6.07) is 0. The van der Waals surface area contributed by atoms with Crippen LogP contribution in [0, 0.1) is 0 Å². The third-order valence-electron chi connectivity index (χ3n) is 2.85. The largest absolute Gasteiger partial charge is 0.411 e. The minimum atomic E-state index is -0.338. The van der Waals surface area contributed by atoms with E-state index in [1.165, 1.54) is 32.1 Å². The van der Waals surface area contributed by atoms with Crippen molar-refractivity contribution in [2.45, 2.75) is 32.1 Å². The van der Waals surface area contributed by atoms with E-state index in [0.29, 0.717) is 6.54 Å². The lowest BCUT2D eigenvalue weighted by molar-refractivity contribution is -0.114. The summed E-state index contributed by atoms with van der Waals surface area (Å²) in [6.07, 6.45) is 7.39. The number of amides is 1. The number of rotatable bonds is 4. The number of likely N-dealkylation sites (tertiary alicyclic amines) is 1. The summed E-state index contributed by atoms with van der Waals surface area (Å²) < 4.78 is 0. The number of hydrogen-bond acceptors (Lipinski definition) is 4. The second-order valence-electron chi connectivity index (χ2n) is 4.15. The summed E-state index contributed by atoms with van der Waals surface area (Å²) in [5, 5.41) is 13.5. The summed E-state index contributed by atoms with van der Waals surface area (Å²) in [5.74, 6) is -0.338. The molecule has 0 atom stereocenters. The lowest BCUT2D eigenvalue weighted by atomic mass is 10.1. The zero-order valence-corrected chi connectivity index (χ0v) is 9.69. The highest BCUT2D eigenvalue weighted by molar-refractivity contribution is 6.25. The number of nitrogens with one attached hydrogen (secondary N) is 1. The van der Waals surface area contributed by atoms with Crippen molar-refractivity contribution in [3.63, 3.8) is 0 Å². The average Bonchev–Trinajstić information content (AvgIpc) is 2.21. The number of carbonyl (C=O) groups is 1. The van der Waals surface area contributed by atoms with Gasteiger partial charge in [0.15, 0.2) is 0 Å². The van der Waals surface area contributed by atoms with Gasteiger partial charge >= 0.3 is 0 Å². The van der Waals surface area contributed by atoms with Crippen molar-refractivity contribution in [3.05, 3.63) is 0 Å². The van der Waals surface area contributed by atoms with Gasteiger partial charge in [0.05, 0.1) is 0 Å². The summed E-state index contributed by atoms with van der Waals surface area (Å²) in [4.78, 5) is 13.4. The Balaban J connectivity index is 2.12. The Kier molecular flexibility index (Phi) is 6.56. The van der Waals surface area contributed by atoms with Crippen LogP contribution in [0.15, 0.2) is 5.16 Å². The second kappa shape index (κ2) is 8.10. The van der Waals surface area contributed by atoms with Crippen molar-refractivity contribution < 1.29 is 10.0 Å². The minimum absolute atomic E-state index is 0.338. The van der Waals surface area contributed by atoms with Gasteiger partial charge in [-0.05, 0) is 25.9 Å². The van der Waals surface area contributed by atoms with Crippen LogP contribution in [-0.4, -0.2) is 48.4 Å². The van der Waals surface area contributed by atoms with Crippen molar-refractivity contribution >= 4 is 12.1 Å². The molecule has 5 nitrogen and oxygen atoms in total. The van der Waals surface area contributed by atoms with E-state index >= 15 is 0 Å². The van der Waals surface area contributed by atoms with Crippen LogP contribution in [-0.2, 0) is 4.79 Å². The van der Waals surface area contributed by atoms with Gasteiger partial charge in [0.1, 0.15) is 6.21 Å². The Morgan fingerprint density at radius 3 is 2.50 bits per heavy atom. The fraction of sp³-hybridized carbons (Fsp3) is 0.818. The Hall–Kier alpha value is -1.10. The first-order valence-corrected chi connectivity index (χ1v) is 6.00. The molecule has 0 unspecified atom stereocenters. The van der Waals surface area contributed by atoms with Crippen molar-refractivity contribution in [3.8, 4) is 0 Å². The van der Waals surface area contributed by atoms with Crippen LogP contribution >= 0.6 is 0 Å². The molecule has 1 heterocycles. The molecule has 0 bridgehead atoms. The third kappa shape index (κ3) is 5.70. The molecule has 2 N–H and O–H groups in total. The SMILES string of the molecule is O=C(C=NO)NCCN1CCCCCCC1. The Bertz CT molecular complexity index is 223. The van der Waals surface area contributed by atoms with Crippen LogP contribution in [0.5, 0.6) is 0 Å². The van der Waals surface area contributed by atoms with Crippen molar-refractivity contribution in [2.75, 3.05) is 26.2 Å². The number of oxime groups is 1. The van der Waals surface area contributed by atoms with Crippen LogP contribution in [0.3, 0.4) is 0 Å². The highest BCUT2D eigenvalue weighted by Crippen LogP contribution is 2.09. The molecule has 1 rings (SSSR count). The summed E-state index contributed by atoms with van der Waals surface area (Å²) >= 11 is 0. The lowest BCUT2D eigenvalue weighted by Gasteiger charge is -2.24. The van der Waals surface area contributed by atoms with Gasteiger partial charge in [-0.3, -0.25) is 4.79 Å². The number of nitrogens with zero attached hydrogens (tertiary/aromatic N) is 2. The molecule has 0 spiro atoms. The van der Waals surface area contributed by atoms with Gasteiger partial charge < -0.3 is 15.4 Å². The minimum Gasteiger partial charge on any atom is -0.411 e. The fourth-order valence-corrected chi connectivity index (χ4v) is 1.97. The summed E-state index contributed by atoms with van der Waals surface area (Å²) in [5.41, 5.74) is 0. The molecule has 16 heavy (non-hydrogen) atoms. The molecule has 1 saturated heterocycles. The molecule has 0 aromatic heterocycles. The number of carbonyl (C=O) groups excluding carboxylic acids is 1. The molecule has 5 heteroatoms. The zero-order chi connectivity index (χ0) is 11.6. The van der Waals surface area contributed by atoms with Crippen LogP contribution in [0.4, 0.5) is 0 Å². The van der Waals surface area contributed by atoms with Gasteiger partial charge in [-0.2, -0.15) is 0 Å². The zero-order valence-electron chi connectivity index (χ0n) is 9.69. The van der Waals surface area contributed by atoms with Gasteiger partial charge in [-0.15, -0.1) is 0 Å². The Morgan fingerprint density at radius 1 is 1.25 bits per heavy atom. The topological polar surface area (TPSA) is 64.9 Å². The maximum absolute atomic E-state index is 11.0. The highest BCUT2D eigenvalue weighted by atomic mass is 16.4. The van der Waals surface area contributed by atoms with E-state index in [1.807, 2.05) is 0 Å². The predicted molar refractivity (Wildman–Crippen MR) is 62.8 cm³/mol. The molecule has 1 amide bonds. The Labute approximate surface area is 96.5 Å². The molecule has 0 saturated carbocycles. The smallest absolute Gasteiger partial charge is 0.265 e. The third-order valence-corrected chi connectivity index (χ3v) is 2.85. The molecule has 0 aromatic rings. The van der Waals surface area contributed by atoms with Gasteiger partial charge in [-0.25, -0.2) is 0 Å². The first kappa shape index (κ1) is 13.0. The van der Waals surface area contributed by atoms with E-state index in [0.717, 1.165) is 25.8 Å². The first-order valence-electron chi connectivity index (χ1n) is 6.00. The van der Waals surface area contributed by atoms with Gasteiger partial charge in [0.2, 0.25) is 0 Å². The quantitative estimate of drug-likeness (QED) is 0.425. The summed E-state index contributed by atoms with van der Waals surface area (Å²) in [7, 11) is 0. The maximum Gasteiger partial charge on any atom is 0.265 e. The second-order valence-corrected chi connectivity index (χ2v) is 4.15. The fourth-order valence-electron chi connectivity index (χ4n) is 1.97. The average molecular weight is 227 g/mol. The predicted octanol–water partition coefficient (Wildman–Crippen LogP) is 0.829. The molecular formula is C11H21N3O2. The maximum atomic E-state index is 11.0. The molecule has 1 fully saturated rings. The number of hydrogen-bond donors (Lipinski definition) is 2. The van der Waals surface area contributed by atoms with E-state index in [9.17, 15) is 4.79 Å². The van der Waals surface area contributed by atoms with E-state index in [2.05, 4.69) is 15.4 Å². The van der Waals surface area contributed by atoms with Crippen LogP contribution in [0.1, 0.15) is 32.1 Å². The van der Waals surface area contributed by atoms with E-state index in [-0.39, 0.29) is 5.91 Å². The van der Waals surface area contributed by atoms with Crippen molar-refractivity contribution in [2.24, 2.45) is 5.16 Å². The van der Waals surface area contributed by atoms with E-state index < -0.39 is 0 Å². The summed E-state index contributed by atoms with van der Waals surface area (Å²) in [6.45, 7) is 3.75. The van der Waals surface area contributed by atoms with Crippen molar-refractivity contribution in [1.29, 1.82) is 0 Å². The molecule has 0 aliphatic carbocycles. The molecule has 0 aromatic carbocycles.